The molecule has 2 N–H and O–H groups in total. The molecular formula is C13H20N4O3S. The highest BCUT2D eigenvalue weighted by molar-refractivity contribution is 7.99. The third kappa shape index (κ3) is 4.66. The molecule has 7 nitrogen and oxygen atoms in total. The van der Waals surface area contributed by atoms with Gasteiger partial charge < -0.3 is 15.3 Å². The van der Waals surface area contributed by atoms with Crippen LogP contribution in [0, 0.1) is 0 Å². The number of nitrogens with zero attached hydrogens (tertiary/aromatic N) is 3. The lowest BCUT2D eigenvalue weighted by Gasteiger charge is -2.35. The van der Waals surface area contributed by atoms with Gasteiger partial charge in [-0.15, -0.1) is 0 Å². The molecule has 1 aliphatic rings. The van der Waals surface area contributed by atoms with Gasteiger partial charge in [0.2, 0.25) is 0 Å². The van der Waals surface area contributed by atoms with Gasteiger partial charge in [-0.1, -0.05) is 0 Å². The monoisotopic (exact) mass is 312 g/mol. The number of hydrogen-bond donors (Lipinski definition) is 2. The Kier molecular flexibility index (Phi) is 5.49. The van der Waals surface area contributed by atoms with Crippen LogP contribution in [0.25, 0.3) is 0 Å². The van der Waals surface area contributed by atoms with Crippen molar-refractivity contribution in [1.29, 1.82) is 0 Å². The summed E-state index contributed by atoms with van der Waals surface area (Å²) in [7, 11) is 0. The second-order valence-electron chi connectivity index (χ2n) is 5.10. The summed E-state index contributed by atoms with van der Waals surface area (Å²) in [4.78, 5) is 24.8. The van der Waals surface area contributed by atoms with Gasteiger partial charge in [-0.2, -0.15) is 16.9 Å². The minimum Gasteiger partial charge on any atom is -0.481 e. The standard InChI is InChI=1S/C13H20N4O3S/c1-10(8-16-4-2-3-14-16)15-13(20)17-5-6-21-9-11(17)7-12(18)19/h2-4,10-11H,5-9H2,1H3,(H,15,20)(H,18,19). The molecule has 2 unspecified atom stereocenters. The van der Waals surface area contributed by atoms with Crippen LogP contribution in [-0.2, 0) is 11.3 Å². The van der Waals surface area contributed by atoms with Crippen LogP contribution in [-0.4, -0.2) is 61.9 Å². The van der Waals surface area contributed by atoms with Gasteiger partial charge in [0.1, 0.15) is 0 Å². The summed E-state index contributed by atoms with van der Waals surface area (Å²) in [5.74, 6) is 0.648. The van der Waals surface area contributed by atoms with Gasteiger partial charge in [0, 0.05) is 36.5 Å². The van der Waals surface area contributed by atoms with Crippen molar-refractivity contribution in [2.75, 3.05) is 18.1 Å². The second kappa shape index (κ2) is 7.35. The summed E-state index contributed by atoms with van der Waals surface area (Å²) in [6.07, 6.45) is 3.53. The number of carbonyl (C=O) groups excluding carboxylic acids is 1. The Hall–Kier alpha value is -1.70. The highest BCUT2D eigenvalue weighted by atomic mass is 32.2. The third-order valence-electron chi connectivity index (χ3n) is 3.29. The van der Waals surface area contributed by atoms with Crippen LogP contribution in [0.4, 0.5) is 4.79 Å². The van der Waals surface area contributed by atoms with Crippen molar-refractivity contribution in [2.45, 2.75) is 32.0 Å². The molecule has 0 spiro atoms. The minimum atomic E-state index is -0.870. The minimum absolute atomic E-state index is 0.00599. The number of hydrogen-bond acceptors (Lipinski definition) is 4. The largest absolute Gasteiger partial charge is 0.481 e. The van der Waals surface area contributed by atoms with E-state index in [2.05, 4.69) is 10.4 Å². The van der Waals surface area contributed by atoms with Crippen LogP contribution in [0.5, 0.6) is 0 Å². The van der Waals surface area contributed by atoms with E-state index in [9.17, 15) is 9.59 Å². The maximum Gasteiger partial charge on any atom is 0.317 e. The lowest BCUT2D eigenvalue weighted by Crippen LogP contribution is -2.53. The predicted molar refractivity (Wildman–Crippen MR) is 80.3 cm³/mol. The first kappa shape index (κ1) is 15.7. The molecule has 8 heteroatoms. The molecule has 0 bridgehead atoms. The van der Waals surface area contributed by atoms with Crippen molar-refractivity contribution in [3.8, 4) is 0 Å². The molecule has 116 valence electrons. The van der Waals surface area contributed by atoms with Crippen LogP contribution in [0.1, 0.15) is 13.3 Å². The number of carboxylic acid groups (broad SMARTS) is 1. The topological polar surface area (TPSA) is 87.5 Å². The van der Waals surface area contributed by atoms with Gasteiger partial charge >= 0.3 is 12.0 Å². The maximum absolute atomic E-state index is 12.3. The smallest absolute Gasteiger partial charge is 0.317 e. The molecule has 0 saturated carbocycles. The first-order chi connectivity index (χ1) is 10.1. The van der Waals surface area contributed by atoms with Crippen LogP contribution in [0.3, 0.4) is 0 Å². The van der Waals surface area contributed by atoms with E-state index < -0.39 is 5.97 Å². The summed E-state index contributed by atoms with van der Waals surface area (Å²) in [5.41, 5.74) is 0. The van der Waals surface area contributed by atoms with Gasteiger partial charge in [-0.05, 0) is 13.0 Å². The average Bonchev–Trinajstić information content (AvgIpc) is 2.91. The zero-order chi connectivity index (χ0) is 15.2. The number of aliphatic carboxylic acids is 1. The summed E-state index contributed by atoms with van der Waals surface area (Å²) in [6.45, 7) is 3.08. The number of nitrogens with one attached hydrogen (secondary N) is 1. The van der Waals surface area contributed by atoms with E-state index in [1.807, 2.05) is 19.2 Å². The number of thioether (sulfide) groups is 1. The van der Waals surface area contributed by atoms with E-state index in [4.69, 9.17) is 5.11 Å². The van der Waals surface area contributed by atoms with Gasteiger partial charge in [-0.3, -0.25) is 9.48 Å². The number of urea groups is 1. The molecule has 1 saturated heterocycles. The fourth-order valence-electron chi connectivity index (χ4n) is 2.32. The molecule has 0 radical (unpaired) electrons. The zero-order valence-corrected chi connectivity index (χ0v) is 12.8. The Morgan fingerprint density at radius 2 is 2.38 bits per heavy atom. The summed E-state index contributed by atoms with van der Waals surface area (Å²) in [5, 5.41) is 16.0. The molecule has 2 rings (SSSR count). The van der Waals surface area contributed by atoms with E-state index in [-0.39, 0.29) is 24.5 Å². The van der Waals surface area contributed by atoms with E-state index in [1.165, 1.54) is 0 Å². The van der Waals surface area contributed by atoms with Crippen molar-refractivity contribution in [3.05, 3.63) is 18.5 Å². The second-order valence-corrected chi connectivity index (χ2v) is 6.25. The highest BCUT2D eigenvalue weighted by Crippen LogP contribution is 2.19. The van der Waals surface area contributed by atoms with E-state index in [0.29, 0.717) is 18.8 Å². The van der Waals surface area contributed by atoms with E-state index in [0.717, 1.165) is 5.75 Å². The molecule has 1 aliphatic heterocycles. The third-order valence-corrected chi connectivity index (χ3v) is 4.38. The average molecular weight is 312 g/mol. The molecule has 21 heavy (non-hydrogen) atoms. The molecule has 2 heterocycles. The first-order valence-corrected chi connectivity index (χ1v) is 8.06. The first-order valence-electron chi connectivity index (χ1n) is 6.90. The predicted octanol–water partition coefficient (Wildman–Crippen LogP) is 0.873. The van der Waals surface area contributed by atoms with Crippen molar-refractivity contribution in [3.63, 3.8) is 0 Å². The molecule has 2 atom stereocenters. The zero-order valence-electron chi connectivity index (χ0n) is 11.9. The number of aromatic nitrogens is 2. The Bertz CT molecular complexity index is 480. The highest BCUT2D eigenvalue weighted by Gasteiger charge is 2.29. The fraction of sp³-hybridized carbons (Fsp3) is 0.615. The number of amides is 2. The normalized spacial score (nSPS) is 20.0. The van der Waals surface area contributed by atoms with Gasteiger partial charge in [0.15, 0.2) is 0 Å². The van der Waals surface area contributed by atoms with Crippen molar-refractivity contribution >= 4 is 23.8 Å². The molecule has 1 fully saturated rings. The number of rotatable bonds is 5. The van der Waals surface area contributed by atoms with Gasteiger partial charge in [-0.25, -0.2) is 4.79 Å². The molecule has 2 amide bonds. The summed E-state index contributed by atoms with van der Waals surface area (Å²) in [6, 6.07) is 1.33. The van der Waals surface area contributed by atoms with Crippen molar-refractivity contribution in [1.82, 2.24) is 20.0 Å². The molecular weight excluding hydrogens is 292 g/mol. The van der Waals surface area contributed by atoms with Crippen LogP contribution < -0.4 is 5.32 Å². The Labute approximate surface area is 127 Å². The maximum atomic E-state index is 12.3. The quantitative estimate of drug-likeness (QED) is 0.842. The lowest BCUT2D eigenvalue weighted by molar-refractivity contribution is -0.137. The summed E-state index contributed by atoms with van der Waals surface area (Å²) >= 11 is 1.69. The van der Waals surface area contributed by atoms with Crippen LogP contribution in [0.15, 0.2) is 18.5 Å². The Morgan fingerprint density at radius 3 is 3.05 bits per heavy atom. The molecule has 1 aromatic heterocycles. The number of carboxylic acids is 1. The van der Waals surface area contributed by atoms with Gasteiger partial charge in [0.05, 0.1) is 19.0 Å². The van der Waals surface area contributed by atoms with Crippen molar-refractivity contribution < 1.29 is 14.7 Å². The SMILES string of the molecule is CC(Cn1cccn1)NC(=O)N1CCSCC1CC(=O)O. The fourth-order valence-corrected chi connectivity index (χ4v) is 3.38. The Morgan fingerprint density at radius 1 is 1.57 bits per heavy atom. The van der Waals surface area contributed by atoms with Gasteiger partial charge in [0.25, 0.3) is 0 Å². The van der Waals surface area contributed by atoms with E-state index in [1.54, 1.807) is 27.5 Å². The van der Waals surface area contributed by atoms with Crippen LogP contribution >= 0.6 is 11.8 Å². The number of carbonyl (C=O) groups is 2. The van der Waals surface area contributed by atoms with Crippen molar-refractivity contribution in [2.24, 2.45) is 0 Å². The summed E-state index contributed by atoms with van der Waals surface area (Å²) < 4.78 is 1.76. The van der Waals surface area contributed by atoms with E-state index >= 15 is 0 Å². The molecule has 0 aliphatic carbocycles. The van der Waals surface area contributed by atoms with Crippen LogP contribution in [0.2, 0.25) is 0 Å². The molecule has 1 aromatic rings. The lowest BCUT2D eigenvalue weighted by atomic mass is 10.2. The Balaban J connectivity index is 1.89. The molecule has 0 aromatic carbocycles.